The van der Waals surface area contributed by atoms with E-state index in [1.165, 1.54) is 24.3 Å². The summed E-state index contributed by atoms with van der Waals surface area (Å²) >= 11 is 0. The molecule has 0 aliphatic carbocycles. The zero-order valence-electron chi connectivity index (χ0n) is 12.7. The molecule has 0 aliphatic heterocycles. The Morgan fingerprint density at radius 1 is 1.17 bits per heavy atom. The molecule has 0 fully saturated rings. The molecule has 0 aliphatic rings. The minimum absolute atomic E-state index is 0.000754. The molecular formula is C15H19F3N2O3. The molecule has 0 bridgehead atoms. The third kappa shape index (κ3) is 8.70. The van der Waals surface area contributed by atoms with Crippen molar-refractivity contribution in [3.05, 3.63) is 24.3 Å². The summed E-state index contributed by atoms with van der Waals surface area (Å²) in [6, 6.07) is 5.64. The van der Waals surface area contributed by atoms with Crippen LogP contribution in [-0.2, 0) is 9.59 Å². The summed E-state index contributed by atoms with van der Waals surface area (Å²) in [5.74, 6) is -0.616. The summed E-state index contributed by atoms with van der Waals surface area (Å²) in [5.41, 5.74) is 0.309. The zero-order valence-corrected chi connectivity index (χ0v) is 12.7. The molecular weight excluding hydrogens is 313 g/mol. The predicted octanol–water partition coefficient (Wildman–Crippen LogP) is 2.87. The van der Waals surface area contributed by atoms with E-state index in [9.17, 15) is 22.8 Å². The van der Waals surface area contributed by atoms with Crippen LogP contribution in [0.5, 0.6) is 5.75 Å². The van der Waals surface area contributed by atoms with Gasteiger partial charge in [-0.1, -0.05) is 13.0 Å². The van der Waals surface area contributed by atoms with E-state index < -0.39 is 18.7 Å². The van der Waals surface area contributed by atoms with Crippen LogP contribution in [0.1, 0.15) is 26.2 Å². The van der Waals surface area contributed by atoms with Gasteiger partial charge in [-0.05, 0) is 18.6 Å². The van der Waals surface area contributed by atoms with Gasteiger partial charge in [0.2, 0.25) is 11.8 Å². The molecule has 2 N–H and O–H groups in total. The van der Waals surface area contributed by atoms with Crippen LogP contribution in [-0.4, -0.2) is 31.1 Å². The van der Waals surface area contributed by atoms with Crippen molar-refractivity contribution in [2.45, 2.75) is 32.4 Å². The van der Waals surface area contributed by atoms with Crippen LogP contribution in [0.25, 0.3) is 0 Å². The number of carbonyl (C=O) groups is 2. The van der Waals surface area contributed by atoms with Crippen molar-refractivity contribution < 1.29 is 27.5 Å². The van der Waals surface area contributed by atoms with Crippen molar-refractivity contribution >= 4 is 17.5 Å². The quantitative estimate of drug-likeness (QED) is 0.769. The molecule has 5 nitrogen and oxygen atoms in total. The van der Waals surface area contributed by atoms with Gasteiger partial charge in [-0.25, -0.2) is 0 Å². The molecule has 0 aromatic heterocycles. The average molecular weight is 332 g/mol. The van der Waals surface area contributed by atoms with E-state index in [4.69, 9.17) is 0 Å². The van der Waals surface area contributed by atoms with Crippen LogP contribution in [0.4, 0.5) is 18.9 Å². The number of halogens is 3. The lowest BCUT2D eigenvalue weighted by Crippen LogP contribution is -2.25. The first kappa shape index (κ1) is 18.8. The van der Waals surface area contributed by atoms with Gasteiger partial charge >= 0.3 is 6.18 Å². The van der Waals surface area contributed by atoms with Crippen LogP contribution >= 0.6 is 0 Å². The van der Waals surface area contributed by atoms with E-state index in [0.29, 0.717) is 12.2 Å². The number of ether oxygens (including phenoxy) is 1. The first-order chi connectivity index (χ1) is 10.8. The van der Waals surface area contributed by atoms with Gasteiger partial charge in [-0.3, -0.25) is 9.59 Å². The molecule has 1 rings (SSSR count). The Morgan fingerprint density at radius 2 is 1.87 bits per heavy atom. The lowest BCUT2D eigenvalue weighted by atomic mass is 10.2. The Kier molecular flexibility index (Phi) is 7.37. The molecule has 0 spiro atoms. The van der Waals surface area contributed by atoms with Gasteiger partial charge in [0.15, 0.2) is 6.61 Å². The van der Waals surface area contributed by atoms with Crippen molar-refractivity contribution in [3.8, 4) is 5.75 Å². The number of rotatable bonds is 8. The highest BCUT2D eigenvalue weighted by Gasteiger charge is 2.28. The summed E-state index contributed by atoms with van der Waals surface area (Å²) in [6.07, 6.45) is -3.58. The minimum atomic E-state index is -4.43. The number of carbonyl (C=O) groups excluding carboxylic acids is 2. The third-order valence-electron chi connectivity index (χ3n) is 2.67. The maximum Gasteiger partial charge on any atom is 0.422 e. The Morgan fingerprint density at radius 3 is 2.52 bits per heavy atom. The Labute approximate surface area is 132 Å². The van der Waals surface area contributed by atoms with Gasteiger partial charge in [-0.2, -0.15) is 13.2 Å². The molecule has 2 amide bonds. The van der Waals surface area contributed by atoms with Gasteiger partial charge in [0.05, 0.1) is 0 Å². The number of hydrogen-bond acceptors (Lipinski definition) is 3. The average Bonchev–Trinajstić information content (AvgIpc) is 2.48. The fourth-order valence-corrected chi connectivity index (χ4v) is 1.63. The van der Waals surface area contributed by atoms with Crippen LogP contribution in [0.3, 0.4) is 0 Å². The summed E-state index contributed by atoms with van der Waals surface area (Å²) in [4.78, 5) is 23.1. The van der Waals surface area contributed by atoms with Crippen molar-refractivity contribution in [1.29, 1.82) is 0 Å². The maximum absolute atomic E-state index is 12.1. The molecule has 0 saturated carbocycles. The van der Waals surface area contributed by atoms with E-state index in [-0.39, 0.29) is 24.5 Å². The van der Waals surface area contributed by atoms with Crippen LogP contribution < -0.4 is 15.4 Å². The summed E-state index contributed by atoms with van der Waals surface area (Å²) < 4.78 is 40.8. The minimum Gasteiger partial charge on any atom is -0.484 e. The monoisotopic (exact) mass is 332 g/mol. The Hall–Kier alpha value is -2.25. The predicted molar refractivity (Wildman–Crippen MR) is 79.2 cm³/mol. The second-order valence-corrected chi connectivity index (χ2v) is 4.83. The van der Waals surface area contributed by atoms with Crippen LogP contribution in [0.15, 0.2) is 24.3 Å². The molecule has 0 atom stereocenters. The second kappa shape index (κ2) is 9.02. The Bertz CT molecular complexity index is 533. The fraction of sp³-hybridized carbons (Fsp3) is 0.467. The van der Waals surface area contributed by atoms with E-state index in [1.807, 2.05) is 6.92 Å². The summed E-state index contributed by atoms with van der Waals surface area (Å²) in [6.45, 7) is 1.07. The SMILES string of the molecule is CCCNC(=O)CCC(=O)Nc1cccc(OCC(F)(F)F)c1. The number of nitrogens with one attached hydrogen (secondary N) is 2. The molecule has 0 unspecified atom stereocenters. The highest BCUT2D eigenvalue weighted by molar-refractivity contribution is 5.93. The van der Waals surface area contributed by atoms with Crippen LogP contribution in [0, 0.1) is 0 Å². The number of anilines is 1. The topological polar surface area (TPSA) is 67.4 Å². The number of benzene rings is 1. The lowest BCUT2D eigenvalue weighted by Gasteiger charge is -2.11. The smallest absolute Gasteiger partial charge is 0.422 e. The van der Waals surface area contributed by atoms with Gasteiger partial charge in [0.25, 0.3) is 0 Å². The van der Waals surface area contributed by atoms with Gasteiger partial charge in [-0.15, -0.1) is 0 Å². The van der Waals surface area contributed by atoms with Crippen molar-refractivity contribution in [3.63, 3.8) is 0 Å². The van der Waals surface area contributed by atoms with Crippen molar-refractivity contribution in [2.75, 3.05) is 18.5 Å². The molecule has 128 valence electrons. The first-order valence-electron chi connectivity index (χ1n) is 7.16. The molecule has 0 radical (unpaired) electrons. The third-order valence-corrected chi connectivity index (χ3v) is 2.67. The first-order valence-corrected chi connectivity index (χ1v) is 7.16. The zero-order chi connectivity index (χ0) is 17.3. The normalized spacial score (nSPS) is 11.0. The number of alkyl halides is 3. The number of hydrogen-bond donors (Lipinski definition) is 2. The molecule has 0 heterocycles. The van der Waals surface area contributed by atoms with Crippen molar-refractivity contribution in [1.82, 2.24) is 5.32 Å². The summed E-state index contributed by atoms with van der Waals surface area (Å²) in [5, 5.41) is 5.16. The van der Waals surface area contributed by atoms with Gasteiger partial charge < -0.3 is 15.4 Å². The number of amides is 2. The van der Waals surface area contributed by atoms with Gasteiger partial charge in [0.1, 0.15) is 5.75 Å². The molecule has 1 aromatic carbocycles. The van der Waals surface area contributed by atoms with E-state index in [1.54, 1.807) is 0 Å². The van der Waals surface area contributed by atoms with E-state index in [2.05, 4.69) is 15.4 Å². The van der Waals surface area contributed by atoms with Gasteiger partial charge in [0, 0.05) is 31.1 Å². The molecule has 0 saturated heterocycles. The molecule has 1 aromatic rings. The lowest BCUT2D eigenvalue weighted by molar-refractivity contribution is -0.153. The standard InChI is InChI=1S/C15H19F3N2O3/c1-2-8-19-13(21)6-7-14(22)20-11-4-3-5-12(9-11)23-10-15(16,17)18/h3-5,9H,2,6-8,10H2,1H3,(H,19,21)(H,20,22). The fourth-order valence-electron chi connectivity index (χ4n) is 1.63. The second-order valence-electron chi connectivity index (χ2n) is 4.83. The highest BCUT2D eigenvalue weighted by atomic mass is 19.4. The largest absolute Gasteiger partial charge is 0.484 e. The van der Waals surface area contributed by atoms with E-state index in [0.717, 1.165) is 6.42 Å². The summed E-state index contributed by atoms with van der Waals surface area (Å²) in [7, 11) is 0. The van der Waals surface area contributed by atoms with Crippen molar-refractivity contribution in [2.24, 2.45) is 0 Å². The molecule has 23 heavy (non-hydrogen) atoms. The van der Waals surface area contributed by atoms with E-state index >= 15 is 0 Å². The Balaban J connectivity index is 2.44. The maximum atomic E-state index is 12.1. The highest BCUT2D eigenvalue weighted by Crippen LogP contribution is 2.21. The molecule has 8 heteroatoms. The van der Waals surface area contributed by atoms with Crippen LogP contribution in [0.2, 0.25) is 0 Å².